The molecule has 2 aliphatic rings. The van der Waals surface area contributed by atoms with Crippen molar-refractivity contribution in [1.82, 2.24) is 4.90 Å². The van der Waals surface area contributed by atoms with Crippen LogP contribution in [0.3, 0.4) is 0 Å². The van der Waals surface area contributed by atoms with E-state index in [1.165, 1.54) is 5.56 Å². The highest BCUT2D eigenvalue weighted by Crippen LogP contribution is 2.57. The Balaban J connectivity index is 1.51. The van der Waals surface area contributed by atoms with E-state index in [9.17, 15) is 9.59 Å². The first-order valence-corrected chi connectivity index (χ1v) is 13.7. The molecule has 2 aliphatic heterocycles. The molecule has 4 aromatic rings. The second kappa shape index (κ2) is 9.65. The summed E-state index contributed by atoms with van der Waals surface area (Å²) < 4.78 is 5.89. The largest absolute Gasteiger partial charge is 0.469 e. The zero-order chi connectivity index (χ0) is 27.3. The van der Waals surface area contributed by atoms with Gasteiger partial charge in [-0.05, 0) is 54.8 Å². The molecule has 1 amide bonds. The molecule has 1 fully saturated rings. The van der Waals surface area contributed by atoms with E-state index in [1.54, 1.807) is 6.26 Å². The van der Waals surface area contributed by atoms with Gasteiger partial charge in [-0.1, -0.05) is 80.6 Å². The van der Waals surface area contributed by atoms with Gasteiger partial charge in [0.1, 0.15) is 11.3 Å². The quantitative estimate of drug-likeness (QED) is 0.267. The van der Waals surface area contributed by atoms with Gasteiger partial charge in [-0.15, -0.1) is 0 Å². The van der Waals surface area contributed by atoms with Crippen LogP contribution < -0.4 is 4.90 Å². The summed E-state index contributed by atoms with van der Waals surface area (Å²) >= 11 is 0. The number of ketones is 1. The van der Waals surface area contributed by atoms with Crippen molar-refractivity contribution < 1.29 is 14.0 Å². The number of carbonyl (C=O) groups excluding carboxylic acids is 2. The van der Waals surface area contributed by atoms with E-state index in [0.29, 0.717) is 24.6 Å². The van der Waals surface area contributed by atoms with Crippen molar-refractivity contribution in [1.29, 1.82) is 0 Å². The number of Topliss-reactive ketones (excluding diaryl/α,β-unsaturated/α-hetero) is 1. The highest BCUT2D eigenvalue weighted by atomic mass is 16.3. The number of carbonyl (C=O) groups is 2. The number of amides is 1. The molecule has 198 valence electrons. The maximum atomic E-state index is 14.8. The third-order valence-electron chi connectivity index (χ3n) is 8.74. The predicted molar refractivity (Wildman–Crippen MR) is 153 cm³/mol. The normalized spacial score (nSPS) is 22.7. The SMILES string of the molecule is Cc1ccccc1CN1C(=O)[C@]2(c3ccccc31)[C@H](C(=O)c1ccc(C(C)C)cc1)[C@@H](c1ccco1)CN2C. The molecule has 5 nitrogen and oxygen atoms in total. The van der Waals surface area contributed by atoms with Crippen LogP contribution >= 0.6 is 0 Å². The fraction of sp³-hybridized carbons (Fsp3) is 0.294. The van der Waals surface area contributed by atoms with Gasteiger partial charge >= 0.3 is 0 Å². The molecule has 39 heavy (non-hydrogen) atoms. The average molecular weight is 519 g/mol. The van der Waals surface area contributed by atoms with Gasteiger partial charge in [0, 0.05) is 29.3 Å². The van der Waals surface area contributed by atoms with Crippen LogP contribution in [0.1, 0.15) is 64.1 Å². The number of rotatable bonds is 6. The van der Waals surface area contributed by atoms with Gasteiger partial charge in [0.2, 0.25) is 0 Å². The first kappa shape index (κ1) is 25.3. The van der Waals surface area contributed by atoms with Crippen molar-refractivity contribution in [2.45, 2.75) is 44.7 Å². The summed E-state index contributed by atoms with van der Waals surface area (Å²) in [6, 6.07) is 27.8. The van der Waals surface area contributed by atoms with Crippen molar-refractivity contribution in [3.05, 3.63) is 125 Å². The number of likely N-dealkylation sites (N-methyl/N-ethyl adjacent to an activating group) is 1. The van der Waals surface area contributed by atoms with Crippen LogP contribution in [0.25, 0.3) is 0 Å². The number of anilines is 1. The van der Waals surface area contributed by atoms with Gasteiger partial charge < -0.3 is 9.32 Å². The molecular weight excluding hydrogens is 484 g/mol. The lowest BCUT2D eigenvalue weighted by molar-refractivity contribution is -0.129. The molecule has 1 spiro atoms. The lowest BCUT2D eigenvalue weighted by Gasteiger charge is -2.36. The monoisotopic (exact) mass is 518 g/mol. The van der Waals surface area contributed by atoms with Crippen molar-refractivity contribution in [2.24, 2.45) is 5.92 Å². The lowest BCUT2D eigenvalue weighted by atomic mass is 9.71. The zero-order valence-electron chi connectivity index (χ0n) is 22.9. The first-order valence-electron chi connectivity index (χ1n) is 13.7. The van der Waals surface area contributed by atoms with Gasteiger partial charge in [-0.25, -0.2) is 0 Å². The minimum absolute atomic E-state index is 0.0306. The Kier molecular flexibility index (Phi) is 6.27. The highest BCUT2D eigenvalue weighted by molar-refractivity contribution is 6.13. The first-order chi connectivity index (χ1) is 18.8. The molecular formula is C34H34N2O3. The maximum Gasteiger partial charge on any atom is 0.253 e. The molecule has 0 aliphatic carbocycles. The summed E-state index contributed by atoms with van der Waals surface area (Å²) in [6.45, 7) is 7.34. The molecule has 0 bridgehead atoms. The maximum absolute atomic E-state index is 14.8. The molecule has 1 aromatic heterocycles. The predicted octanol–water partition coefficient (Wildman–Crippen LogP) is 6.68. The molecule has 0 unspecified atom stereocenters. The fourth-order valence-corrected chi connectivity index (χ4v) is 6.66. The molecule has 1 saturated heterocycles. The highest BCUT2D eigenvalue weighted by Gasteiger charge is 2.66. The summed E-state index contributed by atoms with van der Waals surface area (Å²) in [7, 11) is 1.97. The number of hydrogen-bond donors (Lipinski definition) is 0. The number of likely N-dealkylation sites (tertiary alicyclic amines) is 1. The third kappa shape index (κ3) is 3.87. The minimum atomic E-state index is -1.13. The Morgan fingerprint density at radius 3 is 2.38 bits per heavy atom. The molecule has 3 atom stereocenters. The molecule has 0 saturated carbocycles. The van der Waals surface area contributed by atoms with Crippen molar-refractivity contribution in [3.8, 4) is 0 Å². The number of para-hydroxylation sites is 1. The molecule has 0 N–H and O–H groups in total. The van der Waals surface area contributed by atoms with Crippen LogP contribution in [0.4, 0.5) is 5.69 Å². The van der Waals surface area contributed by atoms with Gasteiger partial charge in [-0.2, -0.15) is 0 Å². The van der Waals surface area contributed by atoms with Gasteiger partial charge in [-0.3, -0.25) is 14.5 Å². The summed E-state index contributed by atoms with van der Waals surface area (Å²) in [6.07, 6.45) is 1.65. The van der Waals surface area contributed by atoms with Crippen LogP contribution in [0.2, 0.25) is 0 Å². The van der Waals surface area contributed by atoms with Crippen LogP contribution in [0.15, 0.2) is 95.6 Å². The van der Waals surface area contributed by atoms with E-state index in [0.717, 1.165) is 28.1 Å². The summed E-state index contributed by atoms with van der Waals surface area (Å²) in [5.74, 6) is 0.107. The minimum Gasteiger partial charge on any atom is -0.469 e. The van der Waals surface area contributed by atoms with E-state index in [1.807, 2.05) is 84.7 Å². The number of furan rings is 1. The van der Waals surface area contributed by atoms with Crippen LogP contribution in [-0.2, 0) is 16.9 Å². The molecule has 3 aromatic carbocycles. The fourth-order valence-electron chi connectivity index (χ4n) is 6.66. The smallest absolute Gasteiger partial charge is 0.253 e. The zero-order valence-corrected chi connectivity index (χ0v) is 22.9. The van der Waals surface area contributed by atoms with Crippen LogP contribution in [0.5, 0.6) is 0 Å². The van der Waals surface area contributed by atoms with Gasteiger partial charge in [0.05, 0.1) is 18.7 Å². The van der Waals surface area contributed by atoms with Gasteiger partial charge in [0.25, 0.3) is 5.91 Å². The topological polar surface area (TPSA) is 53.8 Å². The number of fused-ring (bicyclic) bond motifs is 2. The van der Waals surface area contributed by atoms with Crippen LogP contribution in [-0.4, -0.2) is 30.2 Å². The van der Waals surface area contributed by atoms with Crippen LogP contribution in [0, 0.1) is 12.8 Å². The number of aryl methyl sites for hydroxylation is 1. The number of nitrogens with zero attached hydrogens (tertiary/aromatic N) is 2. The molecule has 3 heterocycles. The Morgan fingerprint density at radius 1 is 0.974 bits per heavy atom. The van der Waals surface area contributed by atoms with E-state index < -0.39 is 11.5 Å². The Hall–Kier alpha value is -3.96. The van der Waals surface area contributed by atoms with E-state index in [4.69, 9.17) is 4.42 Å². The van der Waals surface area contributed by atoms with Crippen molar-refractivity contribution >= 4 is 17.4 Å². The molecule has 0 radical (unpaired) electrons. The second-order valence-electron chi connectivity index (χ2n) is 11.2. The number of benzene rings is 3. The lowest BCUT2D eigenvalue weighted by Crippen LogP contribution is -2.53. The molecule has 6 rings (SSSR count). The number of hydrogen-bond acceptors (Lipinski definition) is 4. The Morgan fingerprint density at radius 2 is 1.69 bits per heavy atom. The Labute approximate surface area is 230 Å². The Bertz CT molecular complexity index is 1520. The summed E-state index contributed by atoms with van der Waals surface area (Å²) in [5.41, 5.74) is 4.65. The summed E-state index contributed by atoms with van der Waals surface area (Å²) in [5, 5.41) is 0. The van der Waals surface area contributed by atoms with Gasteiger partial charge in [0.15, 0.2) is 5.78 Å². The van der Waals surface area contributed by atoms with E-state index in [-0.39, 0.29) is 17.6 Å². The second-order valence-corrected chi connectivity index (χ2v) is 11.2. The van der Waals surface area contributed by atoms with E-state index >= 15 is 0 Å². The average Bonchev–Trinajstić information content (AvgIpc) is 3.64. The third-order valence-corrected chi connectivity index (χ3v) is 8.74. The molecule has 5 heteroatoms. The van der Waals surface area contributed by atoms with Crippen molar-refractivity contribution in [3.63, 3.8) is 0 Å². The van der Waals surface area contributed by atoms with Crippen molar-refractivity contribution in [2.75, 3.05) is 18.5 Å². The van der Waals surface area contributed by atoms with E-state index in [2.05, 4.69) is 37.8 Å². The summed E-state index contributed by atoms with van der Waals surface area (Å²) in [4.78, 5) is 33.4. The standard InChI is InChI=1S/C34H34N2O3/c1-22(2)24-15-17-25(18-16-24)32(37)31-27(30-14-9-19-39-30)21-35(4)34(31)28-12-7-8-13-29(28)36(33(34)38)20-26-11-6-5-10-23(26)3/h5-19,22,27,31H,20-21H2,1-4H3/t27-,31+,34+/m1/s1.